The lowest BCUT2D eigenvalue weighted by atomic mass is 10.1. The zero-order valence-electron chi connectivity index (χ0n) is 12.7. The van der Waals surface area contributed by atoms with E-state index in [9.17, 15) is 9.59 Å². The maximum atomic E-state index is 11.7. The van der Waals surface area contributed by atoms with E-state index >= 15 is 0 Å². The highest BCUT2D eigenvalue weighted by Crippen LogP contribution is 2.33. The number of aromatic nitrogens is 2. The highest BCUT2D eigenvalue weighted by Gasteiger charge is 2.23. The van der Waals surface area contributed by atoms with Crippen molar-refractivity contribution in [3.8, 4) is 17.0 Å². The molecule has 1 aromatic carbocycles. The number of benzene rings is 1. The molecule has 1 amide bonds. The van der Waals surface area contributed by atoms with Crippen LogP contribution >= 0.6 is 0 Å². The molecule has 1 atom stereocenters. The van der Waals surface area contributed by atoms with Gasteiger partial charge in [0.05, 0.1) is 16.9 Å². The second-order valence-electron chi connectivity index (χ2n) is 5.57. The summed E-state index contributed by atoms with van der Waals surface area (Å²) in [5.74, 6) is -0.576. The number of ether oxygens (including phenoxy) is 1. The van der Waals surface area contributed by atoms with Crippen LogP contribution in [-0.2, 0) is 4.79 Å². The Labute approximate surface area is 136 Å². The number of hydrogen-bond acceptors (Lipinski definition) is 4. The van der Waals surface area contributed by atoms with Crippen molar-refractivity contribution in [1.29, 1.82) is 0 Å². The number of fused-ring (bicyclic) bond motifs is 2. The Morgan fingerprint density at radius 2 is 2.17 bits per heavy atom. The zero-order valence-corrected chi connectivity index (χ0v) is 12.7. The summed E-state index contributed by atoms with van der Waals surface area (Å²) < 4.78 is 7.28. The van der Waals surface area contributed by atoms with Gasteiger partial charge >= 0.3 is 5.97 Å². The van der Waals surface area contributed by atoms with E-state index in [0.29, 0.717) is 22.8 Å². The molecule has 0 fully saturated rings. The Bertz CT molecular complexity index is 993. The first-order valence-electron chi connectivity index (χ1n) is 7.35. The standard InChI is InChI=1S/C17H13N3O4/c1-9-16(21)19-12-6-10(2-3-14(12)24-9)13-8-20-5-4-11(17(22)23)7-15(20)18-13/h2-9H,1H3,(H,19,21)(H,22,23). The van der Waals surface area contributed by atoms with Gasteiger partial charge < -0.3 is 19.6 Å². The summed E-state index contributed by atoms with van der Waals surface area (Å²) in [7, 11) is 0. The molecule has 0 radical (unpaired) electrons. The smallest absolute Gasteiger partial charge is 0.335 e. The Kier molecular flexibility index (Phi) is 3.02. The van der Waals surface area contributed by atoms with E-state index in [-0.39, 0.29) is 11.5 Å². The van der Waals surface area contributed by atoms with Crippen molar-refractivity contribution in [1.82, 2.24) is 9.38 Å². The van der Waals surface area contributed by atoms with Gasteiger partial charge in [-0.05, 0) is 37.3 Å². The number of carboxylic acids is 1. The normalized spacial score (nSPS) is 16.4. The molecular weight excluding hydrogens is 310 g/mol. The molecule has 0 aliphatic carbocycles. The van der Waals surface area contributed by atoms with Gasteiger partial charge in [0.1, 0.15) is 11.4 Å². The summed E-state index contributed by atoms with van der Waals surface area (Å²) >= 11 is 0. The number of nitrogens with zero attached hydrogens (tertiary/aromatic N) is 2. The van der Waals surface area contributed by atoms with E-state index in [1.54, 1.807) is 35.9 Å². The van der Waals surface area contributed by atoms with Crippen LogP contribution in [0.2, 0.25) is 0 Å². The summed E-state index contributed by atoms with van der Waals surface area (Å²) in [6.45, 7) is 1.69. The number of rotatable bonds is 2. The van der Waals surface area contributed by atoms with Crippen LogP contribution in [0.1, 0.15) is 17.3 Å². The topological polar surface area (TPSA) is 92.9 Å². The van der Waals surface area contributed by atoms with Crippen LogP contribution < -0.4 is 10.1 Å². The van der Waals surface area contributed by atoms with Crippen molar-refractivity contribution in [3.05, 3.63) is 48.3 Å². The lowest BCUT2D eigenvalue weighted by molar-refractivity contribution is -0.122. The number of carbonyl (C=O) groups excluding carboxylic acids is 1. The van der Waals surface area contributed by atoms with Crippen molar-refractivity contribution >= 4 is 23.2 Å². The third-order valence-corrected chi connectivity index (χ3v) is 3.91. The Morgan fingerprint density at radius 3 is 2.96 bits per heavy atom. The van der Waals surface area contributed by atoms with E-state index in [1.807, 2.05) is 6.07 Å². The molecule has 1 aliphatic heterocycles. The number of aromatic carboxylic acids is 1. The van der Waals surface area contributed by atoms with Crippen molar-refractivity contribution in [2.45, 2.75) is 13.0 Å². The average molecular weight is 323 g/mol. The number of imidazole rings is 1. The van der Waals surface area contributed by atoms with Gasteiger partial charge in [-0.15, -0.1) is 0 Å². The monoisotopic (exact) mass is 323 g/mol. The van der Waals surface area contributed by atoms with Crippen LogP contribution in [0.3, 0.4) is 0 Å². The second-order valence-corrected chi connectivity index (χ2v) is 5.57. The molecule has 0 spiro atoms. The summed E-state index contributed by atoms with van der Waals surface area (Å²) in [6.07, 6.45) is 2.94. The number of amides is 1. The number of hydrogen-bond donors (Lipinski definition) is 2. The van der Waals surface area contributed by atoms with E-state index in [0.717, 1.165) is 5.56 Å². The van der Waals surface area contributed by atoms with Gasteiger partial charge in [0, 0.05) is 18.0 Å². The zero-order chi connectivity index (χ0) is 16.8. The molecule has 2 N–H and O–H groups in total. The van der Waals surface area contributed by atoms with Crippen LogP contribution in [0.4, 0.5) is 5.69 Å². The molecule has 4 rings (SSSR count). The fourth-order valence-electron chi connectivity index (χ4n) is 2.62. The van der Waals surface area contributed by atoms with Crippen molar-refractivity contribution in [2.24, 2.45) is 0 Å². The van der Waals surface area contributed by atoms with E-state index < -0.39 is 12.1 Å². The number of carbonyl (C=O) groups is 2. The van der Waals surface area contributed by atoms with Crippen LogP contribution in [0.5, 0.6) is 5.75 Å². The predicted octanol–water partition coefficient (Wildman–Crippen LogP) is 2.42. The molecule has 1 unspecified atom stereocenters. The quantitative estimate of drug-likeness (QED) is 0.755. The Balaban J connectivity index is 1.76. The first kappa shape index (κ1) is 14.3. The van der Waals surface area contributed by atoms with Crippen LogP contribution in [0.15, 0.2) is 42.7 Å². The molecule has 2 aromatic heterocycles. The third kappa shape index (κ3) is 2.26. The molecule has 3 heterocycles. The number of carboxylic acid groups (broad SMARTS) is 1. The minimum atomic E-state index is -0.996. The fourth-order valence-corrected chi connectivity index (χ4v) is 2.62. The van der Waals surface area contributed by atoms with Crippen molar-refractivity contribution in [2.75, 3.05) is 5.32 Å². The van der Waals surface area contributed by atoms with Gasteiger partial charge in [0.15, 0.2) is 6.10 Å². The SMILES string of the molecule is CC1Oc2ccc(-c3cn4ccc(C(=O)O)cc4n3)cc2NC1=O. The third-order valence-electron chi connectivity index (χ3n) is 3.91. The van der Waals surface area contributed by atoms with Crippen molar-refractivity contribution in [3.63, 3.8) is 0 Å². The van der Waals surface area contributed by atoms with Gasteiger partial charge in [-0.1, -0.05) is 0 Å². The molecular formula is C17H13N3O4. The first-order chi connectivity index (χ1) is 11.5. The predicted molar refractivity (Wildman–Crippen MR) is 86.3 cm³/mol. The summed E-state index contributed by atoms with van der Waals surface area (Å²) in [6, 6.07) is 8.45. The number of nitrogens with one attached hydrogen (secondary N) is 1. The molecule has 7 heteroatoms. The molecule has 3 aromatic rings. The maximum Gasteiger partial charge on any atom is 0.335 e. The molecule has 120 valence electrons. The summed E-state index contributed by atoms with van der Waals surface area (Å²) in [5, 5.41) is 11.9. The molecule has 0 saturated carbocycles. The molecule has 7 nitrogen and oxygen atoms in total. The Hall–Kier alpha value is -3.35. The van der Waals surface area contributed by atoms with Crippen LogP contribution in [0, 0.1) is 0 Å². The van der Waals surface area contributed by atoms with Gasteiger partial charge in [-0.2, -0.15) is 0 Å². The summed E-state index contributed by atoms with van der Waals surface area (Å²) in [4.78, 5) is 27.2. The molecule has 0 bridgehead atoms. The van der Waals surface area contributed by atoms with Gasteiger partial charge in [-0.3, -0.25) is 4.79 Å². The highest BCUT2D eigenvalue weighted by atomic mass is 16.5. The summed E-state index contributed by atoms with van der Waals surface area (Å²) in [5.41, 5.74) is 2.79. The maximum absolute atomic E-state index is 11.7. The van der Waals surface area contributed by atoms with Gasteiger partial charge in [0.25, 0.3) is 5.91 Å². The van der Waals surface area contributed by atoms with Crippen LogP contribution in [0.25, 0.3) is 16.9 Å². The lowest BCUT2D eigenvalue weighted by Crippen LogP contribution is -2.34. The Morgan fingerprint density at radius 1 is 1.33 bits per heavy atom. The average Bonchev–Trinajstić information content (AvgIpc) is 2.98. The largest absolute Gasteiger partial charge is 0.479 e. The lowest BCUT2D eigenvalue weighted by Gasteiger charge is -2.23. The molecule has 24 heavy (non-hydrogen) atoms. The first-order valence-corrected chi connectivity index (χ1v) is 7.35. The van der Waals surface area contributed by atoms with Crippen LogP contribution in [-0.4, -0.2) is 32.5 Å². The van der Waals surface area contributed by atoms with E-state index in [1.165, 1.54) is 12.1 Å². The molecule has 0 saturated heterocycles. The van der Waals surface area contributed by atoms with Gasteiger partial charge in [0.2, 0.25) is 0 Å². The van der Waals surface area contributed by atoms with E-state index in [4.69, 9.17) is 9.84 Å². The second kappa shape index (κ2) is 5.09. The molecule has 1 aliphatic rings. The fraction of sp³-hybridized carbons (Fsp3) is 0.118. The highest BCUT2D eigenvalue weighted by molar-refractivity contribution is 5.98. The van der Waals surface area contributed by atoms with Gasteiger partial charge in [-0.25, -0.2) is 9.78 Å². The minimum Gasteiger partial charge on any atom is -0.479 e. The number of anilines is 1. The van der Waals surface area contributed by atoms with E-state index in [2.05, 4.69) is 10.3 Å². The van der Waals surface area contributed by atoms with Crippen molar-refractivity contribution < 1.29 is 19.4 Å². The number of pyridine rings is 1. The minimum absolute atomic E-state index is 0.180.